The Morgan fingerprint density at radius 2 is 1.57 bits per heavy atom. The van der Waals surface area contributed by atoms with Crippen LogP contribution in [0.15, 0.2) is 12.2 Å². The lowest BCUT2D eigenvalue weighted by Crippen LogP contribution is -1.82. The SMILES string of the molecule is [CH]1C2C=CC1CC2. The Morgan fingerprint density at radius 3 is 1.71 bits per heavy atom. The maximum absolute atomic E-state index is 2.44. The molecule has 0 N–H and O–H groups in total. The van der Waals surface area contributed by atoms with E-state index in [-0.39, 0.29) is 0 Å². The van der Waals surface area contributed by atoms with Gasteiger partial charge in [0.05, 0.1) is 0 Å². The van der Waals surface area contributed by atoms with Gasteiger partial charge in [0.2, 0.25) is 0 Å². The van der Waals surface area contributed by atoms with Crippen LogP contribution in [0.25, 0.3) is 0 Å². The number of hydrogen-bond donors (Lipinski definition) is 0. The van der Waals surface area contributed by atoms with Gasteiger partial charge in [0.15, 0.2) is 0 Å². The molecule has 0 aromatic heterocycles. The van der Waals surface area contributed by atoms with Crippen LogP contribution < -0.4 is 0 Å². The maximum atomic E-state index is 2.44. The van der Waals surface area contributed by atoms with Crippen molar-refractivity contribution in [2.45, 2.75) is 12.8 Å². The molecule has 1 radical (unpaired) electrons. The normalized spacial score (nSPS) is 45.7. The van der Waals surface area contributed by atoms with Crippen molar-refractivity contribution in [3.8, 4) is 0 Å². The van der Waals surface area contributed by atoms with Gasteiger partial charge in [-0.05, 0) is 31.1 Å². The molecule has 0 heteroatoms. The van der Waals surface area contributed by atoms with E-state index in [1.807, 2.05) is 0 Å². The molecule has 2 aliphatic rings. The highest BCUT2D eigenvalue weighted by Gasteiger charge is 2.25. The van der Waals surface area contributed by atoms with Crippen molar-refractivity contribution in [3.05, 3.63) is 18.6 Å². The van der Waals surface area contributed by atoms with E-state index < -0.39 is 0 Å². The molecule has 1 fully saturated rings. The zero-order valence-corrected chi connectivity index (χ0v) is 4.30. The fraction of sp³-hybridized carbons (Fsp3) is 0.571. The van der Waals surface area contributed by atoms with Gasteiger partial charge < -0.3 is 0 Å². The molecule has 0 nitrogen and oxygen atoms in total. The quantitative estimate of drug-likeness (QED) is 0.400. The van der Waals surface area contributed by atoms with Gasteiger partial charge in [0.25, 0.3) is 0 Å². The fourth-order valence-corrected chi connectivity index (χ4v) is 1.50. The van der Waals surface area contributed by atoms with E-state index in [1.54, 1.807) is 0 Å². The summed E-state index contributed by atoms with van der Waals surface area (Å²) in [6.45, 7) is 0. The van der Waals surface area contributed by atoms with Gasteiger partial charge >= 0.3 is 0 Å². The van der Waals surface area contributed by atoms with Crippen molar-refractivity contribution in [2.75, 3.05) is 0 Å². The Hall–Kier alpha value is -0.260. The standard InChI is InChI=1S/C7H9/c1-2-7-4-3-6(1)5-7/h1-2,5-7H,3-4H2. The molecule has 37 valence electrons. The zero-order chi connectivity index (χ0) is 4.69. The monoisotopic (exact) mass is 93.1 g/mol. The second-order valence-electron chi connectivity index (χ2n) is 2.48. The molecule has 0 aliphatic heterocycles. The summed E-state index contributed by atoms with van der Waals surface area (Å²) in [5.74, 6) is 1.73. The summed E-state index contributed by atoms with van der Waals surface area (Å²) in [5.41, 5.74) is 0. The highest BCUT2D eigenvalue weighted by Crippen LogP contribution is 2.37. The Kier molecular flexibility index (Phi) is 0.592. The number of rotatable bonds is 0. The van der Waals surface area contributed by atoms with Crippen molar-refractivity contribution in [2.24, 2.45) is 11.8 Å². The van der Waals surface area contributed by atoms with Crippen molar-refractivity contribution in [1.82, 2.24) is 0 Å². The molecule has 0 saturated heterocycles. The van der Waals surface area contributed by atoms with E-state index in [0.717, 1.165) is 11.8 Å². The molecule has 0 heterocycles. The predicted molar refractivity (Wildman–Crippen MR) is 29.7 cm³/mol. The third kappa shape index (κ3) is 0.425. The highest BCUT2D eigenvalue weighted by atomic mass is 14.3. The predicted octanol–water partition coefficient (Wildman–Crippen LogP) is 1.79. The first-order chi connectivity index (χ1) is 3.45. The lowest BCUT2D eigenvalue weighted by atomic mass is 10.1. The first kappa shape index (κ1) is 3.71. The van der Waals surface area contributed by atoms with Gasteiger partial charge in [-0.1, -0.05) is 12.2 Å². The minimum Gasteiger partial charge on any atom is -0.0848 e. The third-order valence-corrected chi connectivity index (χ3v) is 1.93. The summed E-state index contributed by atoms with van der Waals surface area (Å²) in [6, 6.07) is 0. The smallest absolute Gasteiger partial charge is 0.0196 e. The van der Waals surface area contributed by atoms with Gasteiger partial charge in [-0.3, -0.25) is 0 Å². The van der Waals surface area contributed by atoms with Crippen LogP contribution in [0.1, 0.15) is 12.8 Å². The highest BCUT2D eigenvalue weighted by molar-refractivity contribution is 5.16. The second kappa shape index (κ2) is 1.12. The molecule has 7 heavy (non-hydrogen) atoms. The average Bonchev–Trinajstić information content (AvgIpc) is 2.22. The molecule has 2 aliphatic carbocycles. The summed E-state index contributed by atoms with van der Waals surface area (Å²) in [7, 11) is 0. The van der Waals surface area contributed by atoms with E-state index in [9.17, 15) is 0 Å². The lowest BCUT2D eigenvalue weighted by Gasteiger charge is -1.96. The Balaban J connectivity index is 2.27. The minimum atomic E-state index is 0.866. The zero-order valence-electron chi connectivity index (χ0n) is 4.30. The van der Waals surface area contributed by atoms with Crippen molar-refractivity contribution < 1.29 is 0 Å². The summed E-state index contributed by atoms with van der Waals surface area (Å²) >= 11 is 0. The summed E-state index contributed by atoms with van der Waals surface area (Å²) in [4.78, 5) is 0. The molecule has 0 amide bonds. The van der Waals surface area contributed by atoms with E-state index in [0.29, 0.717) is 0 Å². The molecule has 2 rings (SSSR count). The topological polar surface area (TPSA) is 0 Å². The van der Waals surface area contributed by atoms with E-state index in [4.69, 9.17) is 0 Å². The number of allylic oxidation sites excluding steroid dienone is 2. The molecular weight excluding hydrogens is 84.1 g/mol. The third-order valence-electron chi connectivity index (χ3n) is 1.93. The van der Waals surface area contributed by atoms with Gasteiger partial charge in [-0.15, -0.1) is 0 Å². The van der Waals surface area contributed by atoms with Crippen LogP contribution in [-0.2, 0) is 0 Å². The van der Waals surface area contributed by atoms with Crippen molar-refractivity contribution in [3.63, 3.8) is 0 Å². The van der Waals surface area contributed by atoms with Gasteiger partial charge in [-0.25, -0.2) is 0 Å². The van der Waals surface area contributed by atoms with Gasteiger partial charge in [0, 0.05) is 0 Å². The van der Waals surface area contributed by atoms with Crippen LogP contribution in [0.3, 0.4) is 0 Å². The molecule has 0 aromatic carbocycles. The van der Waals surface area contributed by atoms with Crippen LogP contribution in [0.2, 0.25) is 0 Å². The summed E-state index contributed by atoms with van der Waals surface area (Å²) in [5, 5.41) is 0. The van der Waals surface area contributed by atoms with Crippen LogP contribution in [0.4, 0.5) is 0 Å². The first-order valence-electron chi connectivity index (χ1n) is 2.98. The maximum Gasteiger partial charge on any atom is -0.0196 e. The molecule has 2 unspecified atom stereocenters. The van der Waals surface area contributed by atoms with Crippen LogP contribution >= 0.6 is 0 Å². The van der Waals surface area contributed by atoms with E-state index >= 15 is 0 Å². The van der Waals surface area contributed by atoms with E-state index in [2.05, 4.69) is 18.6 Å². The molecule has 1 saturated carbocycles. The Labute approximate surface area is 44.2 Å². The van der Waals surface area contributed by atoms with Crippen molar-refractivity contribution >= 4 is 0 Å². The van der Waals surface area contributed by atoms with Crippen LogP contribution in [0.5, 0.6) is 0 Å². The lowest BCUT2D eigenvalue weighted by molar-refractivity contribution is 0.705. The second-order valence-corrected chi connectivity index (χ2v) is 2.48. The Bertz CT molecular complexity index is 90.6. The average molecular weight is 93.1 g/mol. The number of hydrogen-bond acceptors (Lipinski definition) is 0. The Morgan fingerprint density at radius 1 is 1.00 bits per heavy atom. The van der Waals surface area contributed by atoms with Crippen LogP contribution in [-0.4, -0.2) is 0 Å². The van der Waals surface area contributed by atoms with Crippen molar-refractivity contribution in [1.29, 1.82) is 0 Å². The molecule has 0 aromatic rings. The van der Waals surface area contributed by atoms with E-state index in [1.165, 1.54) is 12.8 Å². The summed E-state index contributed by atoms with van der Waals surface area (Å²) in [6.07, 6.45) is 9.94. The molecule has 0 spiro atoms. The molecule has 2 atom stereocenters. The fourth-order valence-electron chi connectivity index (χ4n) is 1.50. The first-order valence-corrected chi connectivity index (χ1v) is 2.98. The van der Waals surface area contributed by atoms with Crippen LogP contribution in [0, 0.1) is 18.3 Å². The van der Waals surface area contributed by atoms with Gasteiger partial charge in [0.1, 0.15) is 0 Å². The minimum absolute atomic E-state index is 0.866. The summed E-state index contributed by atoms with van der Waals surface area (Å²) < 4.78 is 0. The van der Waals surface area contributed by atoms with Gasteiger partial charge in [-0.2, -0.15) is 0 Å². The largest absolute Gasteiger partial charge is 0.0848 e. The number of fused-ring (bicyclic) bond motifs is 2. The molecular formula is C7H9. The molecule has 2 bridgehead atoms.